The van der Waals surface area contributed by atoms with Gasteiger partial charge in [-0.05, 0) is 24.3 Å². The molecule has 0 saturated carbocycles. The Balaban J connectivity index is 2.23. The van der Waals surface area contributed by atoms with Crippen LogP contribution in [0.3, 0.4) is 0 Å². The quantitative estimate of drug-likeness (QED) is 0.879. The van der Waals surface area contributed by atoms with E-state index < -0.39 is 11.9 Å². The lowest BCUT2D eigenvalue weighted by Crippen LogP contribution is -2.19. The first kappa shape index (κ1) is 13.6. The summed E-state index contributed by atoms with van der Waals surface area (Å²) < 4.78 is 6.24. The number of aromatic nitrogens is 2. The van der Waals surface area contributed by atoms with Crippen molar-refractivity contribution in [2.45, 2.75) is 0 Å². The molecular formula is C13H13N3O4. The molecule has 2 N–H and O–H groups in total. The second-order valence-corrected chi connectivity index (χ2v) is 4.02. The molecule has 104 valence electrons. The van der Waals surface area contributed by atoms with E-state index in [0.717, 1.165) is 6.20 Å². The monoisotopic (exact) mass is 275 g/mol. The van der Waals surface area contributed by atoms with Gasteiger partial charge in [-0.2, -0.15) is 5.10 Å². The van der Waals surface area contributed by atoms with E-state index in [9.17, 15) is 9.59 Å². The summed E-state index contributed by atoms with van der Waals surface area (Å²) in [6.45, 7) is 0. The lowest BCUT2D eigenvalue weighted by molar-refractivity contribution is 0.0692. The molecule has 0 fully saturated rings. The molecule has 7 nitrogen and oxygen atoms in total. The highest BCUT2D eigenvalue weighted by atomic mass is 16.5. The molecule has 1 amide bonds. The van der Waals surface area contributed by atoms with Gasteiger partial charge >= 0.3 is 5.97 Å². The Morgan fingerprint density at radius 2 is 1.95 bits per heavy atom. The Kier molecular flexibility index (Phi) is 3.69. The van der Waals surface area contributed by atoms with E-state index in [4.69, 9.17) is 9.84 Å². The zero-order valence-corrected chi connectivity index (χ0v) is 11.0. The normalized spacial score (nSPS) is 10.1. The molecule has 1 heterocycles. The number of carboxylic acid groups (broad SMARTS) is 1. The molecule has 2 rings (SSSR count). The molecule has 0 spiro atoms. The van der Waals surface area contributed by atoms with E-state index in [-0.39, 0.29) is 11.3 Å². The highest BCUT2D eigenvalue weighted by molar-refractivity contribution is 6.09. The first-order chi connectivity index (χ1) is 9.52. The number of carbonyl (C=O) groups is 2. The number of aryl methyl sites for hydroxylation is 1. The second kappa shape index (κ2) is 5.43. The summed E-state index contributed by atoms with van der Waals surface area (Å²) in [5, 5.41) is 15.4. The molecule has 0 saturated heterocycles. The number of rotatable bonds is 4. The lowest BCUT2D eigenvalue weighted by Gasteiger charge is -2.07. The van der Waals surface area contributed by atoms with Crippen molar-refractivity contribution in [3.8, 4) is 5.75 Å². The van der Waals surface area contributed by atoms with E-state index in [2.05, 4.69) is 10.4 Å². The average Bonchev–Trinajstić information content (AvgIpc) is 2.81. The van der Waals surface area contributed by atoms with Gasteiger partial charge in [-0.15, -0.1) is 0 Å². The maximum Gasteiger partial charge on any atom is 0.339 e. The number of amides is 1. The Morgan fingerprint density at radius 3 is 2.50 bits per heavy atom. The van der Waals surface area contributed by atoms with E-state index in [1.807, 2.05) is 0 Å². The summed E-state index contributed by atoms with van der Waals surface area (Å²) in [5.41, 5.74) is 0.389. The van der Waals surface area contributed by atoms with Crippen molar-refractivity contribution in [2.24, 2.45) is 7.05 Å². The number of anilines is 1. The van der Waals surface area contributed by atoms with Gasteiger partial charge < -0.3 is 15.2 Å². The Hall–Kier alpha value is -2.83. The predicted octanol–water partition coefficient (Wildman–Crippen LogP) is 1.38. The highest BCUT2D eigenvalue weighted by Gasteiger charge is 2.21. The molecule has 1 aromatic heterocycles. The molecule has 20 heavy (non-hydrogen) atoms. The van der Waals surface area contributed by atoms with E-state index >= 15 is 0 Å². The standard InChI is InChI=1S/C13H13N3O4/c1-16-11(10(7-14-16)13(18)19)12(17)15-8-3-5-9(20-2)6-4-8/h3-7H,1-2H3,(H,15,17)(H,18,19). The van der Waals surface area contributed by atoms with Gasteiger partial charge in [-0.25, -0.2) is 4.79 Å². The molecule has 7 heteroatoms. The van der Waals surface area contributed by atoms with Gasteiger partial charge in [-0.1, -0.05) is 0 Å². The van der Waals surface area contributed by atoms with Crippen molar-refractivity contribution in [1.82, 2.24) is 9.78 Å². The van der Waals surface area contributed by atoms with Gasteiger partial charge in [0.05, 0.1) is 13.3 Å². The van der Waals surface area contributed by atoms with Crippen molar-refractivity contribution in [3.05, 3.63) is 41.7 Å². The molecule has 2 aromatic rings. The molecule has 0 radical (unpaired) electrons. The second-order valence-electron chi connectivity index (χ2n) is 4.02. The van der Waals surface area contributed by atoms with Crippen LogP contribution in [0.1, 0.15) is 20.8 Å². The topological polar surface area (TPSA) is 93.4 Å². The van der Waals surface area contributed by atoms with E-state index in [1.54, 1.807) is 31.4 Å². The summed E-state index contributed by atoms with van der Waals surface area (Å²) >= 11 is 0. The maximum atomic E-state index is 12.1. The number of nitrogens with zero attached hydrogens (tertiary/aromatic N) is 2. The van der Waals surface area contributed by atoms with Crippen molar-refractivity contribution in [2.75, 3.05) is 12.4 Å². The fourth-order valence-corrected chi connectivity index (χ4v) is 1.73. The fraction of sp³-hybridized carbons (Fsp3) is 0.154. The van der Waals surface area contributed by atoms with Crippen LogP contribution in [-0.4, -0.2) is 33.9 Å². The van der Waals surface area contributed by atoms with Crippen LogP contribution in [0, 0.1) is 0 Å². The third-order valence-corrected chi connectivity index (χ3v) is 2.73. The summed E-state index contributed by atoms with van der Waals surface area (Å²) in [7, 11) is 3.05. The first-order valence-electron chi connectivity index (χ1n) is 5.73. The predicted molar refractivity (Wildman–Crippen MR) is 71.1 cm³/mol. The Bertz CT molecular complexity index is 646. The van der Waals surface area contributed by atoms with Crippen LogP contribution in [-0.2, 0) is 7.05 Å². The van der Waals surface area contributed by atoms with Gasteiger partial charge in [-0.3, -0.25) is 9.48 Å². The number of nitrogens with one attached hydrogen (secondary N) is 1. The van der Waals surface area contributed by atoms with Crippen LogP contribution in [0.4, 0.5) is 5.69 Å². The number of hydrogen-bond acceptors (Lipinski definition) is 4. The molecule has 1 aromatic carbocycles. The number of benzene rings is 1. The zero-order chi connectivity index (χ0) is 14.7. The van der Waals surface area contributed by atoms with Gasteiger partial charge in [0.1, 0.15) is 17.0 Å². The molecular weight excluding hydrogens is 262 g/mol. The van der Waals surface area contributed by atoms with Crippen molar-refractivity contribution in [3.63, 3.8) is 0 Å². The average molecular weight is 275 g/mol. The summed E-state index contributed by atoms with van der Waals surface area (Å²) in [4.78, 5) is 23.1. The van der Waals surface area contributed by atoms with Crippen molar-refractivity contribution < 1.29 is 19.4 Å². The first-order valence-corrected chi connectivity index (χ1v) is 5.73. The summed E-state index contributed by atoms with van der Waals surface area (Å²) in [6.07, 6.45) is 1.14. The zero-order valence-electron chi connectivity index (χ0n) is 11.0. The minimum Gasteiger partial charge on any atom is -0.497 e. The van der Waals surface area contributed by atoms with Crippen LogP contribution in [0.15, 0.2) is 30.5 Å². The summed E-state index contributed by atoms with van der Waals surface area (Å²) in [5.74, 6) is -1.07. The Labute approximate surface area is 114 Å². The van der Waals surface area contributed by atoms with Gasteiger partial charge in [0.15, 0.2) is 0 Å². The minimum atomic E-state index is -1.20. The largest absolute Gasteiger partial charge is 0.497 e. The third kappa shape index (κ3) is 2.61. The fourth-order valence-electron chi connectivity index (χ4n) is 1.73. The van der Waals surface area contributed by atoms with Crippen LogP contribution in [0.5, 0.6) is 5.75 Å². The number of hydrogen-bond donors (Lipinski definition) is 2. The number of ether oxygens (including phenoxy) is 1. The Morgan fingerprint density at radius 1 is 1.30 bits per heavy atom. The number of carbonyl (C=O) groups excluding carboxylic acids is 1. The molecule has 0 aliphatic carbocycles. The van der Waals surface area contributed by atoms with E-state index in [1.165, 1.54) is 11.7 Å². The van der Waals surface area contributed by atoms with Gasteiger partial charge in [0, 0.05) is 12.7 Å². The molecule has 0 unspecified atom stereocenters. The van der Waals surface area contributed by atoms with Crippen LogP contribution in [0.25, 0.3) is 0 Å². The number of methoxy groups -OCH3 is 1. The summed E-state index contributed by atoms with van der Waals surface area (Å²) in [6, 6.07) is 6.70. The number of aromatic carboxylic acids is 1. The number of carboxylic acids is 1. The lowest BCUT2D eigenvalue weighted by atomic mass is 10.2. The molecule has 0 bridgehead atoms. The van der Waals surface area contributed by atoms with Crippen LogP contribution in [0.2, 0.25) is 0 Å². The maximum absolute atomic E-state index is 12.1. The molecule has 0 aliphatic heterocycles. The van der Waals surface area contributed by atoms with Gasteiger partial charge in [0.2, 0.25) is 0 Å². The minimum absolute atomic E-state index is 0.00619. The van der Waals surface area contributed by atoms with Gasteiger partial charge in [0.25, 0.3) is 5.91 Å². The van der Waals surface area contributed by atoms with Crippen molar-refractivity contribution >= 4 is 17.6 Å². The van der Waals surface area contributed by atoms with Crippen LogP contribution < -0.4 is 10.1 Å². The smallest absolute Gasteiger partial charge is 0.339 e. The SMILES string of the molecule is COc1ccc(NC(=O)c2c(C(=O)O)cnn2C)cc1. The highest BCUT2D eigenvalue weighted by Crippen LogP contribution is 2.16. The molecule has 0 atom stereocenters. The van der Waals surface area contributed by atoms with E-state index in [0.29, 0.717) is 11.4 Å². The van der Waals surface area contributed by atoms with Crippen LogP contribution >= 0.6 is 0 Å². The molecule has 0 aliphatic rings. The third-order valence-electron chi connectivity index (χ3n) is 2.73. The van der Waals surface area contributed by atoms with Crippen molar-refractivity contribution in [1.29, 1.82) is 0 Å².